The summed E-state index contributed by atoms with van der Waals surface area (Å²) in [7, 11) is -2.56. The average molecular weight is 434 g/mol. The molecule has 10 heteroatoms. The Morgan fingerprint density at radius 2 is 1.47 bits per heavy atom. The Bertz CT molecular complexity index is 1030. The molecule has 3 rings (SSSR count). The van der Waals surface area contributed by atoms with Gasteiger partial charge in [-0.25, -0.2) is 13.2 Å². The first-order valence-corrected chi connectivity index (χ1v) is 10.6. The summed E-state index contributed by atoms with van der Waals surface area (Å²) in [6, 6.07) is 13.4. The van der Waals surface area contributed by atoms with Crippen LogP contribution < -0.4 is 9.46 Å². The lowest BCUT2D eigenvalue weighted by Gasteiger charge is -2.37. The number of hydrogen-bond donors (Lipinski definition) is 3. The predicted molar refractivity (Wildman–Crippen MR) is 108 cm³/mol. The van der Waals surface area contributed by atoms with E-state index >= 15 is 0 Å². The molecule has 1 amide bonds. The molecule has 0 radical (unpaired) electrons. The number of amides is 1. The predicted octanol–water partition coefficient (Wildman–Crippen LogP) is 2.24. The molecule has 2 aromatic carbocycles. The van der Waals surface area contributed by atoms with Crippen molar-refractivity contribution < 1.29 is 33.0 Å². The number of likely N-dealkylation sites (tertiary alicyclic amines) is 1. The molecular weight excluding hydrogens is 412 g/mol. The third kappa shape index (κ3) is 4.39. The molecule has 160 valence electrons. The monoisotopic (exact) mass is 434 g/mol. The number of methoxy groups -OCH3 is 1. The van der Waals surface area contributed by atoms with Crippen molar-refractivity contribution in [2.75, 3.05) is 20.2 Å². The van der Waals surface area contributed by atoms with E-state index in [0.29, 0.717) is 5.75 Å². The van der Waals surface area contributed by atoms with Gasteiger partial charge >= 0.3 is 12.1 Å². The van der Waals surface area contributed by atoms with Crippen molar-refractivity contribution in [3.05, 3.63) is 48.5 Å². The Morgan fingerprint density at radius 1 is 0.967 bits per heavy atom. The molecule has 2 aromatic rings. The molecular formula is C20H22N2O7S. The fourth-order valence-electron chi connectivity index (χ4n) is 3.37. The fourth-order valence-corrected chi connectivity index (χ4v) is 4.78. The van der Waals surface area contributed by atoms with Crippen LogP contribution in [0.1, 0.15) is 12.8 Å². The van der Waals surface area contributed by atoms with Crippen molar-refractivity contribution in [1.29, 1.82) is 0 Å². The van der Waals surface area contributed by atoms with Gasteiger partial charge in [0.25, 0.3) is 0 Å². The fraction of sp³-hybridized carbons (Fsp3) is 0.300. The van der Waals surface area contributed by atoms with Crippen LogP contribution in [0.2, 0.25) is 0 Å². The van der Waals surface area contributed by atoms with E-state index in [1.54, 1.807) is 31.4 Å². The molecule has 1 saturated heterocycles. The summed E-state index contributed by atoms with van der Waals surface area (Å²) in [5, 5.41) is 18.7. The Balaban J connectivity index is 1.80. The average Bonchev–Trinajstić information content (AvgIpc) is 2.74. The van der Waals surface area contributed by atoms with Crippen LogP contribution in [-0.2, 0) is 14.8 Å². The van der Waals surface area contributed by atoms with E-state index in [1.807, 2.05) is 12.1 Å². The highest BCUT2D eigenvalue weighted by atomic mass is 32.2. The van der Waals surface area contributed by atoms with E-state index in [2.05, 4.69) is 4.72 Å². The zero-order chi connectivity index (χ0) is 21.9. The number of piperidine rings is 1. The van der Waals surface area contributed by atoms with Gasteiger partial charge in [-0.1, -0.05) is 24.3 Å². The van der Waals surface area contributed by atoms with Gasteiger partial charge in [0.1, 0.15) is 11.3 Å². The Kier molecular flexibility index (Phi) is 5.99. The minimum absolute atomic E-state index is 0.0685. The topological polar surface area (TPSA) is 133 Å². The summed E-state index contributed by atoms with van der Waals surface area (Å²) in [6.07, 6.45) is -1.47. The van der Waals surface area contributed by atoms with Crippen LogP contribution in [0, 0.1) is 0 Å². The lowest BCUT2D eigenvalue weighted by molar-refractivity contribution is -0.145. The number of nitrogens with zero attached hydrogens (tertiary/aromatic N) is 1. The molecule has 1 heterocycles. The molecule has 3 N–H and O–H groups in total. The van der Waals surface area contributed by atoms with E-state index in [9.17, 15) is 23.1 Å². The number of rotatable bonds is 6. The first-order chi connectivity index (χ1) is 14.2. The number of carboxylic acids is 1. The highest BCUT2D eigenvalue weighted by molar-refractivity contribution is 7.89. The summed E-state index contributed by atoms with van der Waals surface area (Å²) < 4.78 is 33.1. The van der Waals surface area contributed by atoms with Crippen LogP contribution >= 0.6 is 0 Å². The number of benzene rings is 2. The molecule has 0 atom stereocenters. The second-order valence-corrected chi connectivity index (χ2v) is 8.70. The number of sulfonamides is 1. The second kappa shape index (κ2) is 8.33. The lowest BCUT2D eigenvalue weighted by Crippen LogP contribution is -2.60. The third-order valence-corrected chi connectivity index (χ3v) is 6.77. The highest BCUT2D eigenvalue weighted by Crippen LogP contribution is 2.27. The van der Waals surface area contributed by atoms with Crippen LogP contribution in [0.5, 0.6) is 5.75 Å². The first-order valence-electron chi connectivity index (χ1n) is 9.17. The van der Waals surface area contributed by atoms with Crippen molar-refractivity contribution in [1.82, 2.24) is 9.62 Å². The maximum absolute atomic E-state index is 12.8. The van der Waals surface area contributed by atoms with Crippen LogP contribution in [-0.4, -0.2) is 61.3 Å². The van der Waals surface area contributed by atoms with Crippen LogP contribution in [0.15, 0.2) is 53.4 Å². The highest BCUT2D eigenvalue weighted by Gasteiger charge is 2.45. The van der Waals surface area contributed by atoms with Crippen molar-refractivity contribution >= 4 is 22.1 Å². The Morgan fingerprint density at radius 3 is 1.90 bits per heavy atom. The van der Waals surface area contributed by atoms with Gasteiger partial charge in [-0.15, -0.1) is 0 Å². The van der Waals surface area contributed by atoms with Crippen molar-refractivity contribution in [3.63, 3.8) is 0 Å². The van der Waals surface area contributed by atoms with Gasteiger partial charge in [0.2, 0.25) is 10.0 Å². The van der Waals surface area contributed by atoms with Gasteiger partial charge in [-0.3, -0.25) is 4.79 Å². The number of carbonyl (C=O) groups is 2. The summed E-state index contributed by atoms with van der Waals surface area (Å²) in [6.45, 7) is -0.138. The van der Waals surface area contributed by atoms with E-state index < -0.39 is 27.6 Å². The summed E-state index contributed by atoms with van der Waals surface area (Å²) in [4.78, 5) is 23.9. The first kappa shape index (κ1) is 21.6. The Hall–Kier alpha value is -3.11. The summed E-state index contributed by atoms with van der Waals surface area (Å²) in [5.41, 5.74) is -0.0885. The number of ether oxygens (including phenoxy) is 1. The third-order valence-electron chi connectivity index (χ3n) is 5.21. The van der Waals surface area contributed by atoms with Gasteiger partial charge < -0.3 is 19.8 Å². The largest absolute Gasteiger partial charge is 0.497 e. The van der Waals surface area contributed by atoms with E-state index in [4.69, 9.17) is 9.84 Å². The van der Waals surface area contributed by atoms with Gasteiger partial charge in [0.15, 0.2) is 0 Å². The van der Waals surface area contributed by atoms with Crippen LogP contribution in [0.25, 0.3) is 11.1 Å². The Labute approximate surface area is 173 Å². The zero-order valence-electron chi connectivity index (χ0n) is 16.2. The number of carboxylic acid groups (broad SMARTS) is 2. The molecule has 0 aromatic heterocycles. The lowest BCUT2D eigenvalue weighted by atomic mass is 9.89. The zero-order valence-corrected chi connectivity index (χ0v) is 17.1. The van der Waals surface area contributed by atoms with Gasteiger partial charge in [0, 0.05) is 13.1 Å². The molecule has 9 nitrogen and oxygen atoms in total. The molecule has 1 aliphatic rings. The maximum Gasteiger partial charge on any atom is 0.407 e. The molecule has 0 saturated carbocycles. The molecule has 1 fully saturated rings. The van der Waals surface area contributed by atoms with Crippen molar-refractivity contribution in [2.45, 2.75) is 23.3 Å². The number of hydrogen-bond acceptors (Lipinski definition) is 5. The van der Waals surface area contributed by atoms with Gasteiger partial charge in [-0.05, 0) is 48.2 Å². The van der Waals surface area contributed by atoms with Gasteiger partial charge in [-0.2, -0.15) is 4.72 Å². The van der Waals surface area contributed by atoms with E-state index in [-0.39, 0.29) is 30.8 Å². The standard InChI is InChI=1S/C20H22N2O7S/c1-29-16-6-2-14(3-7-16)15-4-8-17(9-5-15)30(27,28)21-20(18(23)24)10-12-22(13-11-20)19(25)26/h2-9,21H,10-13H2,1H3,(H,23,24)(H,25,26). The van der Waals surface area contributed by atoms with Crippen LogP contribution in [0.4, 0.5) is 4.79 Å². The van der Waals surface area contributed by atoms with Crippen molar-refractivity contribution in [3.8, 4) is 16.9 Å². The quantitative estimate of drug-likeness (QED) is 0.635. The molecule has 0 unspecified atom stereocenters. The number of nitrogens with one attached hydrogen (secondary N) is 1. The molecule has 0 bridgehead atoms. The minimum Gasteiger partial charge on any atom is -0.497 e. The molecule has 30 heavy (non-hydrogen) atoms. The van der Waals surface area contributed by atoms with E-state index in [1.165, 1.54) is 12.1 Å². The SMILES string of the molecule is COc1ccc(-c2ccc(S(=O)(=O)NC3(C(=O)O)CCN(C(=O)O)CC3)cc2)cc1. The smallest absolute Gasteiger partial charge is 0.407 e. The van der Waals surface area contributed by atoms with E-state index in [0.717, 1.165) is 16.0 Å². The van der Waals surface area contributed by atoms with Crippen molar-refractivity contribution in [2.24, 2.45) is 0 Å². The summed E-state index contributed by atoms with van der Waals surface area (Å²) >= 11 is 0. The normalized spacial score (nSPS) is 16.1. The molecule has 1 aliphatic heterocycles. The maximum atomic E-state index is 12.8. The van der Waals surface area contributed by atoms with Crippen LogP contribution in [0.3, 0.4) is 0 Å². The number of aliphatic carboxylic acids is 1. The summed E-state index contributed by atoms with van der Waals surface area (Å²) in [5.74, 6) is -0.624. The minimum atomic E-state index is -4.13. The molecule has 0 spiro atoms. The second-order valence-electron chi connectivity index (χ2n) is 7.02. The molecule has 0 aliphatic carbocycles. The van der Waals surface area contributed by atoms with Gasteiger partial charge in [0.05, 0.1) is 12.0 Å².